The lowest BCUT2D eigenvalue weighted by atomic mass is 9.94. The number of aryl methyl sites for hydroxylation is 1. The first kappa shape index (κ1) is 15.5. The van der Waals surface area contributed by atoms with Gasteiger partial charge in [0, 0.05) is 37.3 Å². The quantitative estimate of drug-likeness (QED) is 0.919. The van der Waals surface area contributed by atoms with Crippen LogP contribution in [0.4, 0.5) is 0 Å². The van der Waals surface area contributed by atoms with E-state index in [9.17, 15) is 0 Å². The maximum Gasteiger partial charge on any atom is 0.0450 e. The van der Waals surface area contributed by atoms with E-state index >= 15 is 0 Å². The third-order valence-corrected chi connectivity index (χ3v) is 4.90. The fourth-order valence-corrected chi connectivity index (χ4v) is 2.92. The normalized spacial score (nSPS) is 23.5. The zero-order chi connectivity index (χ0) is 14.9. The van der Waals surface area contributed by atoms with Crippen LogP contribution in [-0.2, 0) is 0 Å². The van der Waals surface area contributed by atoms with Gasteiger partial charge in [0.2, 0.25) is 0 Å². The molecule has 3 nitrogen and oxygen atoms in total. The van der Waals surface area contributed by atoms with Crippen molar-refractivity contribution in [2.24, 2.45) is 5.73 Å². The van der Waals surface area contributed by atoms with Gasteiger partial charge in [-0.25, -0.2) is 0 Å². The van der Waals surface area contributed by atoms with Gasteiger partial charge in [0.05, 0.1) is 0 Å². The molecule has 0 radical (unpaired) electrons. The fraction of sp³-hybridized carbons (Fsp3) is 0.647. The van der Waals surface area contributed by atoms with Crippen molar-refractivity contribution in [1.29, 1.82) is 0 Å². The van der Waals surface area contributed by atoms with E-state index in [1.54, 1.807) is 0 Å². The van der Waals surface area contributed by atoms with Gasteiger partial charge < -0.3 is 5.73 Å². The van der Waals surface area contributed by atoms with E-state index in [-0.39, 0.29) is 11.6 Å². The largest absolute Gasteiger partial charge is 0.323 e. The highest BCUT2D eigenvalue weighted by molar-refractivity contribution is 5.25. The maximum absolute atomic E-state index is 6.49. The molecule has 1 aliphatic heterocycles. The Morgan fingerprint density at radius 1 is 1.15 bits per heavy atom. The minimum absolute atomic E-state index is 0.0785. The molecular formula is C17H29N3. The molecule has 0 aliphatic carbocycles. The predicted octanol–water partition coefficient (Wildman–Crippen LogP) is 2.41. The van der Waals surface area contributed by atoms with E-state index in [0.717, 1.165) is 19.6 Å². The standard InChI is InChI=1S/C17H29N3/c1-13-6-8-15(9-7-13)16(18)14(2)20-11-10-19(5)17(3,4)12-20/h6-9,14,16H,10-12,18H2,1-5H3. The lowest BCUT2D eigenvalue weighted by Gasteiger charge is -2.48. The zero-order valence-electron chi connectivity index (χ0n) is 13.6. The van der Waals surface area contributed by atoms with Crippen molar-refractivity contribution >= 4 is 0 Å². The molecule has 2 rings (SSSR count). The number of hydrogen-bond donors (Lipinski definition) is 1. The SMILES string of the molecule is Cc1ccc(C(N)C(C)N2CCN(C)C(C)(C)C2)cc1. The maximum atomic E-state index is 6.49. The summed E-state index contributed by atoms with van der Waals surface area (Å²) in [6.45, 7) is 12.3. The molecule has 2 unspecified atom stereocenters. The Morgan fingerprint density at radius 3 is 2.30 bits per heavy atom. The highest BCUT2D eigenvalue weighted by atomic mass is 15.3. The summed E-state index contributed by atoms with van der Waals surface area (Å²) in [6, 6.07) is 9.07. The van der Waals surface area contributed by atoms with Crippen LogP contribution in [0, 0.1) is 6.92 Å². The molecule has 112 valence electrons. The summed E-state index contributed by atoms with van der Waals surface area (Å²) in [7, 11) is 2.21. The van der Waals surface area contributed by atoms with Gasteiger partial charge in [-0.1, -0.05) is 29.8 Å². The Balaban J connectivity index is 2.07. The number of piperazine rings is 1. The highest BCUT2D eigenvalue weighted by Crippen LogP contribution is 2.25. The topological polar surface area (TPSA) is 32.5 Å². The predicted molar refractivity (Wildman–Crippen MR) is 85.9 cm³/mol. The molecule has 1 fully saturated rings. The van der Waals surface area contributed by atoms with Crippen LogP contribution < -0.4 is 5.73 Å². The van der Waals surface area contributed by atoms with Crippen molar-refractivity contribution in [3.63, 3.8) is 0 Å². The first-order valence-corrected chi connectivity index (χ1v) is 7.59. The molecule has 1 aliphatic rings. The monoisotopic (exact) mass is 275 g/mol. The van der Waals surface area contributed by atoms with E-state index in [1.807, 2.05) is 0 Å². The van der Waals surface area contributed by atoms with Gasteiger partial charge in [-0.2, -0.15) is 0 Å². The van der Waals surface area contributed by atoms with Crippen LogP contribution in [-0.4, -0.2) is 48.1 Å². The average molecular weight is 275 g/mol. The first-order chi connectivity index (χ1) is 9.31. The van der Waals surface area contributed by atoms with Crippen LogP contribution in [0.2, 0.25) is 0 Å². The molecule has 20 heavy (non-hydrogen) atoms. The summed E-state index contributed by atoms with van der Waals surface area (Å²) < 4.78 is 0. The van der Waals surface area contributed by atoms with Crippen molar-refractivity contribution in [3.8, 4) is 0 Å². The Hall–Kier alpha value is -0.900. The van der Waals surface area contributed by atoms with E-state index in [1.165, 1.54) is 11.1 Å². The summed E-state index contributed by atoms with van der Waals surface area (Å²) in [6.07, 6.45) is 0. The molecule has 1 heterocycles. The van der Waals surface area contributed by atoms with Crippen molar-refractivity contribution in [2.45, 2.75) is 45.3 Å². The van der Waals surface area contributed by atoms with E-state index < -0.39 is 0 Å². The van der Waals surface area contributed by atoms with Crippen LogP contribution in [0.5, 0.6) is 0 Å². The Morgan fingerprint density at radius 2 is 1.75 bits per heavy atom. The molecule has 2 N–H and O–H groups in total. The van der Waals surface area contributed by atoms with E-state index in [0.29, 0.717) is 6.04 Å². The number of rotatable bonds is 3. The van der Waals surface area contributed by atoms with Crippen molar-refractivity contribution in [2.75, 3.05) is 26.7 Å². The van der Waals surface area contributed by atoms with Crippen molar-refractivity contribution in [3.05, 3.63) is 35.4 Å². The molecule has 1 aromatic rings. The molecule has 0 spiro atoms. The van der Waals surface area contributed by atoms with Crippen LogP contribution in [0.15, 0.2) is 24.3 Å². The number of benzene rings is 1. The Kier molecular flexibility index (Phi) is 4.52. The summed E-state index contributed by atoms with van der Waals surface area (Å²) in [5.41, 5.74) is 9.23. The molecule has 0 saturated carbocycles. The van der Waals surface area contributed by atoms with Crippen LogP contribution >= 0.6 is 0 Å². The van der Waals surface area contributed by atoms with Crippen LogP contribution in [0.1, 0.15) is 37.9 Å². The van der Waals surface area contributed by atoms with Crippen molar-refractivity contribution < 1.29 is 0 Å². The van der Waals surface area contributed by atoms with Crippen LogP contribution in [0.25, 0.3) is 0 Å². The van der Waals surface area contributed by atoms with Gasteiger partial charge in [0.15, 0.2) is 0 Å². The average Bonchev–Trinajstić information content (AvgIpc) is 2.41. The minimum Gasteiger partial charge on any atom is -0.323 e. The molecule has 1 aromatic carbocycles. The minimum atomic E-state index is 0.0785. The number of hydrogen-bond acceptors (Lipinski definition) is 3. The Bertz CT molecular complexity index is 438. The molecule has 1 saturated heterocycles. The third-order valence-electron chi connectivity index (χ3n) is 4.90. The van der Waals surface area contributed by atoms with Gasteiger partial charge in [-0.3, -0.25) is 9.80 Å². The number of likely N-dealkylation sites (N-methyl/N-ethyl adjacent to an activating group) is 1. The van der Waals surface area contributed by atoms with Gasteiger partial charge in [0.1, 0.15) is 0 Å². The summed E-state index contributed by atoms with van der Waals surface area (Å²) in [5.74, 6) is 0. The van der Waals surface area contributed by atoms with Crippen molar-refractivity contribution in [1.82, 2.24) is 9.80 Å². The number of nitrogens with two attached hydrogens (primary N) is 1. The van der Waals surface area contributed by atoms with E-state index in [4.69, 9.17) is 5.73 Å². The summed E-state index contributed by atoms with van der Waals surface area (Å²) in [4.78, 5) is 4.97. The molecule has 0 bridgehead atoms. The lowest BCUT2D eigenvalue weighted by molar-refractivity contribution is 0.0149. The second-order valence-corrected chi connectivity index (χ2v) is 6.88. The van der Waals surface area contributed by atoms with Gasteiger partial charge in [0.25, 0.3) is 0 Å². The zero-order valence-corrected chi connectivity index (χ0v) is 13.6. The molecule has 2 atom stereocenters. The molecular weight excluding hydrogens is 246 g/mol. The van der Waals surface area contributed by atoms with Gasteiger partial charge >= 0.3 is 0 Å². The number of nitrogens with zero attached hydrogens (tertiary/aromatic N) is 2. The summed E-state index contributed by atoms with van der Waals surface area (Å²) in [5, 5.41) is 0. The van der Waals surface area contributed by atoms with Crippen LogP contribution in [0.3, 0.4) is 0 Å². The second kappa shape index (κ2) is 5.84. The smallest absolute Gasteiger partial charge is 0.0450 e. The van der Waals surface area contributed by atoms with Gasteiger partial charge in [-0.15, -0.1) is 0 Å². The first-order valence-electron chi connectivity index (χ1n) is 7.59. The van der Waals surface area contributed by atoms with Gasteiger partial charge in [-0.05, 0) is 40.3 Å². The Labute approximate surface area is 123 Å². The third kappa shape index (κ3) is 3.22. The molecule has 0 aromatic heterocycles. The lowest BCUT2D eigenvalue weighted by Crippen LogP contribution is -2.60. The highest BCUT2D eigenvalue weighted by Gasteiger charge is 2.34. The second-order valence-electron chi connectivity index (χ2n) is 6.88. The fourth-order valence-electron chi connectivity index (χ4n) is 2.92. The van der Waals surface area contributed by atoms with E-state index in [2.05, 4.69) is 68.8 Å². The molecule has 3 heteroatoms. The molecule has 0 amide bonds. The summed E-state index contributed by atoms with van der Waals surface area (Å²) >= 11 is 0.